The fourth-order valence-corrected chi connectivity index (χ4v) is 7.51. The molecule has 2 saturated heterocycles. The van der Waals surface area contributed by atoms with E-state index in [1.807, 2.05) is 42.5 Å². The van der Waals surface area contributed by atoms with E-state index >= 15 is 0 Å². The molecule has 3 unspecified atom stereocenters. The van der Waals surface area contributed by atoms with Crippen molar-refractivity contribution in [3.8, 4) is 11.1 Å². The summed E-state index contributed by atoms with van der Waals surface area (Å²) in [5.74, 6) is -1.82. The Hall–Kier alpha value is -4.74. The van der Waals surface area contributed by atoms with Gasteiger partial charge in [-0.1, -0.05) is 54.6 Å². The van der Waals surface area contributed by atoms with E-state index in [2.05, 4.69) is 10.3 Å². The van der Waals surface area contributed by atoms with Crippen LogP contribution in [0.2, 0.25) is 0 Å². The molecule has 11 heteroatoms. The van der Waals surface area contributed by atoms with Gasteiger partial charge in [-0.05, 0) is 59.5 Å². The van der Waals surface area contributed by atoms with Crippen molar-refractivity contribution in [3.63, 3.8) is 0 Å². The average Bonchev–Trinajstić information content (AvgIpc) is 3.63. The minimum absolute atomic E-state index is 0.0297. The zero-order valence-corrected chi connectivity index (χ0v) is 24.4. The molecule has 2 aliphatic heterocycles. The molecule has 0 spiro atoms. The lowest BCUT2D eigenvalue weighted by molar-refractivity contribution is -0.138. The van der Waals surface area contributed by atoms with Gasteiger partial charge in [-0.3, -0.25) is 19.4 Å². The van der Waals surface area contributed by atoms with Crippen LogP contribution in [0, 0.1) is 5.82 Å². The number of carbonyl (C=O) groups is 3. The van der Waals surface area contributed by atoms with Gasteiger partial charge in [-0.25, -0.2) is 12.8 Å². The van der Waals surface area contributed by atoms with Crippen LogP contribution in [0.25, 0.3) is 11.1 Å². The standard InChI is InChI=1S/C33H29FN4O5S/c34-26-14-8-22(9-15-26)19-28(36-32(40)25-12-10-24(11-13-25)23-5-2-1-3-6-23)33(41)37-18-16-29-31(37)30(39)21-38(29)44(42,43)27-7-4-17-35-20-27/h1-15,17,20,28-29,31H,16,18-19,21H2,(H,36,40). The third kappa shape index (κ3) is 5.76. The molecule has 0 aliphatic carbocycles. The molecule has 1 N–H and O–H groups in total. The lowest BCUT2D eigenvalue weighted by Crippen LogP contribution is -2.53. The molecule has 3 aromatic carbocycles. The number of nitrogens with zero attached hydrogens (tertiary/aromatic N) is 3. The largest absolute Gasteiger partial charge is 0.340 e. The fraction of sp³-hybridized carbons (Fsp3) is 0.212. The number of hydrogen-bond donors (Lipinski definition) is 1. The van der Waals surface area contributed by atoms with E-state index in [0.29, 0.717) is 11.1 Å². The van der Waals surface area contributed by atoms with Crippen LogP contribution in [-0.4, -0.2) is 71.4 Å². The van der Waals surface area contributed by atoms with E-state index in [4.69, 9.17) is 0 Å². The summed E-state index contributed by atoms with van der Waals surface area (Å²) < 4.78 is 41.5. The van der Waals surface area contributed by atoms with Crippen molar-refractivity contribution in [1.29, 1.82) is 0 Å². The number of aromatic nitrogens is 1. The van der Waals surface area contributed by atoms with Gasteiger partial charge in [0.25, 0.3) is 5.91 Å². The number of benzene rings is 3. The Kier molecular flexibility index (Phi) is 8.07. The maximum absolute atomic E-state index is 14.0. The number of sulfonamides is 1. The number of Topliss-reactive ketones (excluding diaryl/α,β-unsaturated/α-hetero) is 1. The van der Waals surface area contributed by atoms with Crippen LogP contribution < -0.4 is 5.32 Å². The highest BCUT2D eigenvalue weighted by Gasteiger charge is 2.54. The summed E-state index contributed by atoms with van der Waals surface area (Å²) in [6.45, 7) is -0.223. The highest BCUT2D eigenvalue weighted by Crippen LogP contribution is 2.34. The molecular weight excluding hydrogens is 583 g/mol. The molecule has 2 amide bonds. The van der Waals surface area contributed by atoms with Gasteiger partial charge < -0.3 is 10.2 Å². The van der Waals surface area contributed by atoms with Crippen molar-refractivity contribution in [2.75, 3.05) is 13.1 Å². The van der Waals surface area contributed by atoms with Gasteiger partial charge in [0, 0.05) is 30.9 Å². The first-order valence-corrected chi connectivity index (χ1v) is 15.6. The van der Waals surface area contributed by atoms with Crippen molar-refractivity contribution < 1.29 is 27.2 Å². The number of carbonyl (C=O) groups excluding carboxylic acids is 3. The average molecular weight is 613 g/mol. The van der Waals surface area contributed by atoms with Crippen molar-refractivity contribution in [2.45, 2.75) is 35.9 Å². The number of halogens is 1. The maximum Gasteiger partial charge on any atom is 0.251 e. The van der Waals surface area contributed by atoms with Crippen molar-refractivity contribution in [2.24, 2.45) is 0 Å². The molecule has 1 aromatic heterocycles. The van der Waals surface area contributed by atoms with Gasteiger partial charge in [0.2, 0.25) is 15.9 Å². The van der Waals surface area contributed by atoms with E-state index in [1.54, 1.807) is 12.1 Å². The normalized spacial score (nSPS) is 19.0. The minimum atomic E-state index is -4.02. The Morgan fingerprint density at radius 2 is 1.64 bits per heavy atom. The molecule has 0 bridgehead atoms. The summed E-state index contributed by atoms with van der Waals surface area (Å²) in [5, 5.41) is 2.82. The topological polar surface area (TPSA) is 117 Å². The number of amides is 2. The molecule has 4 aromatic rings. The van der Waals surface area contributed by atoms with Crippen LogP contribution >= 0.6 is 0 Å². The lowest BCUT2D eigenvalue weighted by Gasteiger charge is -2.28. The summed E-state index contributed by atoms with van der Waals surface area (Å²) in [4.78, 5) is 45.9. The van der Waals surface area contributed by atoms with Gasteiger partial charge in [0.05, 0.1) is 12.6 Å². The predicted octanol–water partition coefficient (Wildman–Crippen LogP) is 3.47. The monoisotopic (exact) mass is 612 g/mol. The summed E-state index contributed by atoms with van der Waals surface area (Å²) in [5.41, 5.74) is 2.87. The molecular formula is C33H29FN4O5S. The number of fused-ring (bicyclic) bond motifs is 1. The first-order chi connectivity index (χ1) is 21.2. The minimum Gasteiger partial charge on any atom is -0.340 e. The van der Waals surface area contributed by atoms with Gasteiger partial charge in [0.1, 0.15) is 22.8 Å². The Labute approximate surface area is 254 Å². The highest BCUT2D eigenvalue weighted by atomic mass is 32.2. The van der Waals surface area contributed by atoms with Gasteiger partial charge in [-0.15, -0.1) is 0 Å². The first-order valence-electron chi connectivity index (χ1n) is 14.2. The predicted molar refractivity (Wildman–Crippen MR) is 160 cm³/mol. The molecule has 224 valence electrons. The summed E-state index contributed by atoms with van der Waals surface area (Å²) in [7, 11) is -4.02. The van der Waals surface area contributed by atoms with Gasteiger partial charge in [0.15, 0.2) is 5.78 Å². The second-order valence-corrected chi connectivity index (χ2v) is 12.7. The van der Waals surface area contributed by atoms with E-state index in [0.717, 1.165) is 15.4 Å². The first kappa shape index (κ1) is 29.3. The van der Waals surface area contributed by atoms with E-state index in [-0.39, 0.29) is 30.8 Å². The molecule has 3 heterocycles. The van der Waals surface area contributed by atoms with Crippen molar-refractivity contribution >= 4 is 27.6 Å². The molecule has 9 nitrogen and oxygen atoms in total. The van der Waals surface area contributed by atoms with Crippen LogP contribution in [0.3, 0.4) is 0 Å². The van der Waals surface area contributed by atoms with E-state index in [9.17, 15) is 27.2 Å². The number of ketones is 1. The second kappa shape index (κ2) is 12.1. The second-order valence-electron chi connectivity index (χ2n) is 10.8. The fourth-order valence-electron chi connectivity index (χ4n) is 5.92. The molecule has 3 atom stereocenters. The van der Waals surface area contributed by atoms with E-state index < -0.39 is 51.6 Å². The molecule has 0 radical (unpaired) electrons. The molecule has 6 rings (SSSR count). The Balaban J connectivity index is 1.24. The van der Waals surface area contributed by atoms with E-state index in [1.165, 1.54) is 53.7 Å². The highest BCUT2D eigenvalue weighted by molar-refractivity contribution is 7.89. The third-order valence-electron chi connectivity index (χ3n) is 8.11. The zero-order chi connectivity index (χ0) is 30.8. The summed E-state index contributed by atoms with van der Waals surface area (Å²) in [6, 6.07) is 22.4. The number of hydrogen-bond acceptors (Lipinski definition) is 6. The molecule has 2 aliphatic rings. The Bertz CT molecular complexity index is 1790. The number of nitrogens with one attached hydrogen (secondary N) is 1. The summed E-state index contributed by atoms with van der Waals surface area (Å²) >= 11 is 0. The van der Waals surface area contributed by atoms with Crippen LogP contribution in [0.1, 0.15) is 22.3 Å². The van der Waals surface area contributed by atoms with Crippen LogP contribution in [0.15, 0.2) is 108 Å². The third-order valence-corrected chi connectivity index (χ3v) is 9.97. The van der Waals surface area contributed by atoms with Crippen molar-refractivity contribution in [3.05, 3.63) is 120 Å². The lowest BCUT2D eigenvalue weighted by atomic mass is 10.0. The van der Waals surface area contributed by atoms with Gasteiger partial charge >= 0.3 is 0 Å². The number of rotatable bonds is 8. The van der Waals surface area contributed by atoms with Crippen LogP contribution in [0.5, 0.6) is 0 Å². The Morgan fingerprint density at radius 3 is 2.32 bits per heavy atom. The number of likely N-dealkylation sites (tertiary alicyclic amines) is 1. The van der Waals surface area contributed by atoms with Crippen LogP contribution in [-0.2, 0) is 26.0 Å². The quantitative estimate of drug-likeness (QED) is 0.326. The molecule has 0 saturated carbocycles. The van der Waals surface area contributed by atoms with Gasteiger partial charge in [-0.2, -0.15) is 4.31 Å². The van der Waals surface area contributed by atoms with Crippen molar-refractivity contribution in [1.82, 2.24) is 19.5 Å². The smallest absolute Gasteiger partial charge is 0.251 e. The Morgan fingerprint density at radius 1 is 0.932 bits per heavy atom. The molecule has 44 heavy (non-hydrogen) atoms. The molecule has 2 fully saturated rings. The SMILES string of the molecule is O=C(NC(Cc1ccc(F)cc1)C(=O)N1CCC2C1C(=O)CN2S(=O)(=O)c1cccnc1)c1ccc(-c2ccccc2)cc1. The number of pyridine rings is 1. The maximum atomic E-state index is 14.0. The van der Waals surface area contributed by atoms with Crippen LogP contribution in [0.4, 0.5) is 4.39 Å². The summed E-state index contributed by atoms with van der Waals surface area (Å²) in [6.07, 6.45) is 3.00. The zero-order valence-electron chi connectivity index (χ0n) is 23.5.